The molecule has 0 saturated heterocycles. The molecular formula is C31H34N2O4S. The summed E-state index contributed by atoms with van der Waals surface area (Å²) in [5.41, 5.74) is 4.28. The highest BCUT2D eigenvalue weighted by molar-refractivity contribution is 7.10. The van der Waals surface area contributed by atoms with Crippen LogP contribution in [-0.4, -0.2) is 25.9 Å². The van der Waals surface area contributed by atoms with E-state index in [9.17, 15) is 9.59 Å². The van der Waals surface area contributed by atoms with Crippen molar-refractivity contribution in [2.45, 2.75) is 57.4 Å². The molecule has 0 saturated carbocycles. The molecule has 2 aliphatic rings. The lowest BCUT2D eigenvalue weighted by molar-refractivity contribution is -0.119. The van der Waals surface area contributed by atoms with E-state index < -0.39 is 6.04 Å². The number of ketones is 1. The van der Waals surface area contributed by atoms with Crippen molar-refractivity contribution in [3.05, 3.63) is 81.7 Å². The van der Waals surface area contributed by atoms with Gasteiger partial charge in [0.05, 0.1) is 25.6 Å². The number of amides is 1. The van der Waals surface area contributed by atoms with Crippen LogP contribution in [0.1, 0.15) is 67.8 Å². The second-order valence-electron chi connectivity index (χ2n) is 9.82. The number of allylic oxidation sites excluding steroid dienone is 1. The first-order valence-corrected chi connectivity index (χ1v) is 14.1. The number of rotatable bonds is 8. The summed E-state index contributed by atoms with van der Waals surface area (Å²) in [6.45, 7) is 2.14. The van der Waals surface area contributed by atoms with Crippen LogP contribution in [0.4, 0.5) is 11.4 Å². The minimum atomic E-state index is -0.450. The molecule has 1 aliphatic carbocycles. The Morgan fingerprint density at radius 3 is 2.58 bits per heavy atom. The molecule has 6 nitrogen and oxygen atoms in total. The lowest BCUT2D eigenvalue weighted by atomic mass is 9.79. The zero-order chi connectivity index (χ0) is 26.6. The molecule has 7 heteroatoms. The number of para-hydroxylation sites is 2. The summed E-state index contributed by atoms with van der Waals surface area (Å²) in [7, 11) is 3.24. The van der Waals surface area contributed by atoms with Crippen molar-refractivity contribution in [3.8, 4) is 11.5 Å². The quantitative estimate of drug-likeness (QED) is 0.311. The number of nitrogens with one attached hydrogen (secondary N) is 1. The van der Waals surface area contributed by atoms with E-state index in [-0.39, 0.29) is 17.6 Å². The Morgan fingerprint density at radius 2 is 1.84 bits per heavy atom. The van der Waals surface area contributed by atoms with Gasteiger partial charge in [-0.15, -0.1) is 11.3 Å². The Hall–Kier alpha value is -3.58. The summed E-state index contributed by atoms with van der Waals surface area (Å²) in [4.78, 5) is 30.7. The Balaban J connectivity index is 1.60. The average molecular weight is 531 g/mol. The van der Waals surface area contributed by atoms with E-state index in [4.69, 9.17) is 9.47 Å². The molecule has 0 radical (unpaired) electrons. The van der Waals surface area contributed by atoms with Crippen molar-refractivity contribution < 1.29 is 19.1 Å². The largest absolute Gasteiger partial charge is 0.493 e. The van der Waals surface area contributed by atoms with Gasteiger partial charge in [-0.1, -0.05) is 44.0 Å². The number of methoxy groups -OCH3 is 2. The first-order valence-electron chi connectivity index (χ1n) is 13.2. The molecule has 2 unspecified atom stereocenters. The number of hydrogen-bond donors (Lipinski definition) is 1. The van der Waals surface area contributed by atoms with Gasteiger partial charge in [0.1, 0.15) is 6.04 Å². The first kappa shape index (κ1) is 26.0. The van der Waals surface area contributed by atoms with Crippen LogP contribution in [0.2, 0.25) is 0 Å². The van der Waals surface area contributed by atoms with Crippen molar-refractivity contribution >= 4 is 34.4 Å². The van der Waals surface area contributed by atoms with Gasteiger partial charge in [-0.05, 0) is 60.0 Å². The van der Waals surface area contributed by atoms with Crippen molar-refractivity contribution in [2.24, 2.45) is 0 Å². The summed E-state index contributed by atoms with van der Waals surface area (Å²) in [5, 5.41) is 5.61. The van der Waals surface area contributed by atoms with E-state index >= 15 is 0 Å². The number of nitrogens with zero attached hydrogens (tertiary/aromatic N) is 1. The van der Waals surface area contributed by atoms with E-state index in [2.05, 4.69) is 12.2 Å². The van der Waals surface area contributed by atoms with Gasteiger partial charge in [0.25, 0.3) is 0 Å². The van der Waals surface area contributed by atoms with E-state index in [1.807, 2.05) is 64.9 Å². The molecule has 1 amide bonds. The second kappa shape index (κ2) is 11.4. The number of benzene rings is 2. The summed E-state index contributed by atoms with van der Waals surface area (Å²) < 4.78 is 10.9. The molecule has 1 aromatic heterocycles. The first-order chi connectivity index (χ1) is 18.5. The van der Waals surface area contributed by atoms with Gasteiger partial charge in [-0.3, -0.25) is 14.5 Å². The Morgan fingerprint density at radius 1 is 1.03 bits per heavy atom. The predicted octanol–water partition coefficient (Wildman–Crippen LogP) is 7.25. The molecule has 2 heterocycles. The molecular weight excluding hydrogens is 496 g/mol. The maximum Gasteiger partial charge on any atom is 0.227 e. The van der Waals surface area contributed by atoms with Gasteiger partial charge in [0, 0.05) is 29.0 Å². The highest BCUT2D eigenvalue weighted by Crippen LogP contribution is 2.49. The van der Waals surface area contributed by atoms with E-state index in [1.165, 1.54) is 0 Å². The van der Waals surface area contributed by atoms with E-state index in [0.29, 0.717) is 36.3 Å². The van der Waals surface area contributed by atoms with Crippen LogP contribution < -0.4 is 19.7 Å². The predicted molar refractivity (Wildman–Crippen MR) is 152 cm³/mol. The fraction of sp³-hybridized carbons (Fsp3) is 0.355. The van der Waals surface area contributed by atoms with Crippen LogP contribution in [0.25, 0.3) is 0 Å². The summed E-state index contributed by atoms with van der Waals surface area (Å²) in [6, 6.07) is 17.3. The molecule has 0 bridgehead atoms. The summed E-state index contributed by atoms with van der Waals surface area (Å²) in [6.07, 6.45) is 4.36. The maximum atomic E-state index is 14.0. The number of carbonyl (C=O) groups excluding carboxylic acids is 2. The number of thiophene rings is 1. The van der Waals surface area contributed by atoms with Crippen LogP contribution in [0.3, 0.4) is 0 Å². The monoisotopic (exact) mass is 530 g/mol. The van der Waals surface area contributed by atoms with Crippen LogP contribution in [0.15, 0.2) is 71.2 Å². The molecule has 1 N–H and O–H groups in total. The number of ether oxygens (including phenoxy) is 2. The molecule has 5 rings (SSSR count). The van der Waals surface area contributed by atoms with Gasteiger partial charge in [0.2, 0.25) is 5.91 Å². The Kier molecular flexibility index (Phi) is 7.84. The van der Waals surface area contributed by atoms with Gasteiger partial charge < -0.3 is 14.8 Å². The molecule has 0 spiro atoms. The Labute approximate surface area is 228 Å². The SMILES string of the molecule is CCCCCC(=O)N1c2ccccc2NC2=C(C(=O)CC(c3ccc(OC)c(OC)c3)C2)C1c1cccs1. The zero-order valence-corrected chi connectivity index (χ0v) is 23.0. The molecule has 2 aromatic carbocycles. The number of carbonyl (C=O) groups is 2. The van der Waals surface area contributed by atoms with Crippen LogP contribution in [0.5, 0.6) is 11.5 Å². The lowest BCUT2D eigenvalue weighted by Crippen LogP contribution is -2.38. The third kappa shape index (κ3) is 4.95. The van der Waals surface area contributed by atoms with Crippen molar-refractivity contribution in [1.29, 1.82) is 0 Å². The second-order valence-corrected chi connectivity index (χ2v) is 10.8. The molecule has 3 aromatic rings. The Bertz CT molecular complexity index is 1350. The van der Waals surface area contributed by atoms with E-state index in [1.54, 1.807) is 25.6 Å². The van der Waals surface area contributed by atoms with Crippen molar-refractivity contribution in [3.63, 3.8) is 0 Å². The fourth-order valence-corrected chi connectivity index (χ4v) is 6.39. The molecule has 38 heavy (non-hydrogen) atoms. The van der Waals surface area contributed by atoms with Crippen LogP contribution >= 0.6 is 11.3 Å². The van der Waals surface area contributed by atoms with Crippen LogP contribution in [-0.2, 0) is 9.59 Å². The zero-order valence-electron chi connectivity index (χ0n) is 22.2. The molecule has 1 aliphatic heterocycles. The average Bonchev–Trinajstić information content (AvgIpc) is 3.42. The van der Waals surface area contributed by atoms with Gasteiger partial charge in [-0.2, -0.15) is 0 Å². The van der Waals surface area contributed by atoms with Crippen LogP contribution in [0, 0.1) is 0 Å². The lowest BCUT2D eigenvalue weighted by Gasteiger charge is -2.34. The molecule has 0 fully saturated rings. The van der Waals surface area contributed by atoms with Crippen molar-refractivity contribution in [2.75, 3.05) is 24.4 Å². The number of Topliss-reactive ketones (excluding diaryl/α,β-unsaturated/α-hetero) is 1. The smallest absolute Gasteiger partial charge is 0.227 e. The summed E-state index contributed by atoms with van der Waals surface area (Å²) >= 11 is 1.59. The third-order valence-corrected chi connectivity index (χ3v) is 8.37. The summed E-state index contributed by atoms with van der Waals surface area (Å²) in [5.74, 6) is 1.41. The van der Waals surface area contributed by atoms with E-state index in [0.717, 1.165) is 46.8 Å². The number of unbranched alkanes of at least 4 members (excludes halogenated alkanes) is 2. The topological polar surface area (TPSA) is 67.9 Å². The third-order valence-electron chi connectivity index (χ3n) is 7.44. The maximum absolute atomic E-state index is 14.0. The fourth-order valence-electron chi connectivity index (χ4n) is 5.57. The highest BCUT2D eigenvalue weighted by Gasteiger charge is 2.41. The number of hydrogen-bond acceptors (Lipinski definition) is 6. The minimum absolute atomic E-state index is 0.0171. The standard InChI is InChI=1S/C31H34N2O4S/c1-4-5-6-13-29(35)33-24-11-8-7-10-22(24)32-23-17-21(20-14-15-26(36-2)27(19-20)37-3)18-25(34)30(23)31(33)28-12-9-16-38-28/h7-12,14-16,19,21,31-32H,4-6,13,17-18H2,1-3H3. The van der Waals surface area contributed by atoms with Gasteiger partial charge in [0.15, 0.2) is 17.3 Å². The minimum Gasteiger partial charge on any atom is -0.493 e. The molecule has 198 valence electrons. The highest BCUT2D eigenvalue weighted by atomic mass is 32.1. The molecule has 2 atom stereocenters. The van der Waals surface area contributed by atoms with Crippen molar-refractivity contribution in [1.82, 2.24) is 0 Å². The van der Waals surface area contributed by atoms with Gasteiger partial charge in [-0.25, -0.2) is 0 Å². The number of anilines is 2. The number of fused-ring (bicyclic) bond motifs is 1. The van der Waals surface area contributed by atoms with Gasteiger partial charge >= 0.3 is 0 Å². The normalized spacial score (nSPS) is 18.8.